The fourth-order valence-electron chi connectivity index (χ4n) is 1.46. The summed E-state index contributed by atoms with van der Waals surface area (Å²) in [5.74, 6) is 0.745. The molecule has 0 aromatic heterocycles. The second-order valence-electron chi connectivity index (χ2n) is 4.16. The van der Waals surface area contributed by atoms with Crippen molar-refractivity contribution >= 4 is 15.9 Å². The summed E-state index contributed by atoms with van der Waals surface area (Å²) >= 11 is 3.58. The molecule has 2 heteroatoms. The van der Waals surface area contributed by atoms with E-state index in [-0.39, 0.29) is 0 Å². The molecule has 84 valence electrons. The maximum Gasteiger partial charge on any atom is 0.0303 e. The van der Waals surface area contributed by atoms with Gasteiger partial charge < -0.3 is 5.32 Å². The van der Waals surface area contributed by atoms with E-state index < -0.39 is 0 Å². The first-order valence-corrected chi connectivity index (χ1v) is 6.42. The van der Waals surface area contributed by atoms with Crippen LogP contribution in [0.4, 0.5) is 0 Å². The Kier molecular flexibility index (Phi) is 5.34. The lowest BCUT2D eigenvalue weighted by Gasteiger charge is -2.18. The molecule has 0 amide bonds. The molecular weight excluding hydrogens is 250 g/mol. The Balaban J connectivity index is 2.54. The highest BCUT2D eigenvalue weighted by atomic mass is 79.9. The second-order valence-corrected chi connectivity index (χ2v) is 5.02. The minimum absolute atomic E-state index is 0.412. The highest BCUT2D eigenvalue weighted by Crippen LogP contribution is 2.22. The van der Waals surface area contributed by atoms with Gasteiger partial charge in [-0.1, -0.05) is 54.4 Å². The predicted molar refractivity (Wildman–Crippen MR) is 70.0 cm³/mol. The predicted octanol–water partition coefficient (Wildman–Crippen LogP) is 4.15. The third-order valence-electron chi connectivity index (χ3n) is 2.84. The number of nitrogens with one attached hydrogen (secondary N) is 1. The van der Waals surface area contributed by atoms with Gasteiger partial charge in [-0.3, -0.25) is 0 Å². The van der Waals surface area contributed by atoms with E-state index in [9.17, 15) is 0 Å². The topological polar surface area (TPSA) is 12.0 Å². The molecule has 0 bridgehead atoms. The maximum absolute atomic E-state index is 3.58. The van der Waals surface area contributed by atoms with E-state index in [1.165, 1.54) is 16.5 Å². The van der Waals surface area contributed by atoms with Crippen LogP contribution in [0, 0.1) is 5.92 Å². The molecule has 1 nitrogen and oxygen atoms in total. The van der Waals surface area contributed by atoms with Crippen molar-refractivity contribution in [1.29, 1.82) is 0 Å². The van der Waals surface area contributed by atoms with E-state index in [0.29, 0.717) is 6.04 Å². The Morgan fingerprint density at radius 3 is 2.53 bits per heavy atom. The zero-order valence-corrected chi connectivity index (χ0v) is 11.3. The number of hydrogen-bond acceptors (Lipinski definition) is 1. The van der Waals surface area contributed by atoms with Gasteiger partial charge in [0.1, 0.15) is 0 Å². The molecule has 1 aromatic rings. The molecule has 2 atom stereocenters. The fraction of sp³-hybridized carbons (Fsp3) is 0.538. The molecule has 0 radical (unpaired) electrons. The summed E-state index contributed by atoms with van der Waals surface area (Å²) in [7, 11) is 0. The van der Waals surface area contributed by atoms with Crippen molar-refractivity contribution in [3.63, 3.8) is 0 Å². The molecule has 1 aromatic carbocycles. The largest absolute Gasteiger partial charge is 0.310 e. The Hall–Kier alpha value is -0.340. The lowest BCUT2D eigenvalue weighted by molar-refractivity contribution is 0.460. The van der Waals surface area contributed by atoms with Crippen molar-refractivity contribution in [3.05, 3.63) is 34.3 Å². The van der Waals surface area contributed by atoms with E-state index in [1.807, 2.05) is 0 Å². The average Bonchev–Trinajstić information content (AvgIpc) is 2.26. The zero-order chi connectivity index (χ0) is 11.3. The van der Waals surface area contributed by atoms with E-state index in [4.69, 9.17) is 0 Å². The van der Waals surface area contributed by atoms with E-state index in [1.54, 1.807) is 0 Å². The Labute approximate surface area is 101 Å². The molecule has 15 heavy (non-hydrogen) atoms. The van der Waals surface area contributed by atoms with Crippen LogP contribution in [0.5, 0.6) is 0 Å². The smallest absolute Gasteiger partial charge is 0.0303 e. The Morgan fingerprint density at radius 2 is 1.93 bits per heavy atom. The van der Waals surface area contributed by atoms with Crippen LogP contribution in [0.25, 0.3) is 0 Å². The van der Waals surface area contributed by atoms with Gasteiger partial charge in [0.2, 0.25) is 0 Å². The number of rotatable bonds is 5. The SMILES string of the molecule is CCC(C)CN[C@@H](C)c1ccccc1Br. The molecule has 0 heterocycles. The monoisotopic (exact) mass is 269 g/mol. The number of hydrogen-bond donors (Lipinski definition) is 1. The fourth-order valence-corrected chi connectivity index (χ4v) is 2.09. The molecule has 1 N–H and O–H groups in total. The molecule has 1 unspecified atom stereocenters. The number of benzene rings is 1. The lowest BCUT2D eigenvalue weighted by Crippen LogP contribution is -2.24. The van der Waals surface area contributed by atoms with Crippen LogP contribution in [0.15, 0.2) is 28.7 Å². The van der Waals surface area contributed by atoms with Gasteiger partial charge in [0.15, 0.2) is 0 Å². The Bertz CT molecular complexity index is 298. The van der Waals surface area contributed by atoms with Gasteiger partial charge in [-0.15, -0.1) is 0 Å². The molecule has 0 saturated carbocycles. The molecule has 0 spiro atoms. The van der Waals surface area contributed by atoms with Crippen LogP contribution < -0.4 is 5.32 Å². The molecule has 0 saturated heterocycles. The quantitative estimate of drug-likeness (QED) is 0.847. The highest BCUT2D eigenvalue weighted by Gasteiger charge is 2.08. The third-order valence-corrected chi connectivity index (χ3v) is 3.56. The minimum atomic E-state index is 0.412. The molecule has 0 aliphatic carbocycles. The molecule has 0 aliphatic rings. The van der Waals surface area contributed by atoms with Gasteiger partial charge in [0, 0.05) is 10.5 Å². The average molecular weight is 270 g/mol. The van der Waals surface area contributed by atoms with Crippen LogP contribution in [-0.4, -0.2) is 6.54 Å². The summed E-state index contributed by atoms with van der Waals surface area (Å²) in [5.41, 5.74) is 1.33. The van der Waals surface area contributed by atoms with Gasteiger partial charge in [0.05, 0.1) is 0 Å². The van der Waals surface area contributed by atoms with Crippen LogP contribution in [0.3, 0.4) is 0 Å². The van der Waals surface area contributed by atoms with Crippen molar-refractivity contribution in [2.75, 3.05) is 6.54 Å². The van der Waals surface area contributed by atoms with Crippen molar-refractivity contribution < 1.29 is 0 Å². The van der Waals surface area contributed by atoms with E-state index in [0.717, 1.165) is 12.5 Å². The summed E-state index contributed by atoms with van der Waals surface area (Å²) in [6.45, 7) is 7.80. The normalized spacial score (nSPS) is 14.9. The summed E-state index contributed by atoms with van der Waals surface area (Å²) in [5, 5.41) is 3.56. The van der Waals surface area contributed by atoms with Gasteiger partial charge in [-0.2, -0.15) is 0 Å². The van der Waals surface area contributed by atoms with Crippen LogP contribution in [0.2, 0.25) is 0 Å². The van der Waals surface area contributed by atoms with Crippen molar-refractivity contribution in [2.45, 2.75) is 33.2 Å². The molecular formula is C13H20BrN. The maximum atomic E-state index is 3.58. The van der Waals surface area contributed by atoms with Crippen LogP contribution >= 0.6 is 15.9 Å². The summed E-state index contributed by atoms with van der Waals surface area (Å²) in [6.07, 6.45) is 1.23. The Morgan fingerprint density at radius 1 is 1.27 bits per heavy atom. The highest BCUT2D eigenvalue weighted by molar-refractivity contribution is 9.10. The van der Waals surface area contributed by atoms with Gasteiger partial charge in [0.25, 0.3) is 0 Å². The lowest BCUT2D eigenvalue weighted by atomic mass is 10.1. The summed E-state index contributed by atoms with van der Waals surface area (Å²) < 4.78 is 1.19. The van der Waals surface area contributed by atoms with E-state index in [2.05, 4.69) is 66.3 Å². The standard InChI is InChI=1S/C13H20BrN/c1-4-10(2)9-15-11(3)12-7-5-6-8-13(12)14/h5-8,10-11,15H,4,9H2,1-3H3/t10?,11-/m0/s1. The van der Waals surface area contributed by atoms with E-state index >= 15 is 0 Å². The summed E-state index contributed by atoms with van der Waals surface area (Å²) in [4.78, 5) is 0. The van der Waals surface area contributed by atoms with Crippen molar-refractivity contribution in [1.82, 2.24) is 5.32 Å². The van der Waals surface area contributed by atoms with Crippen molar-refractivity contribution in [3.8, 4) is 0 Å². The van der Waals surface area contributed by atoms with Crippen molar-refractivity contribution in [2.24, 2.45) is 5.92 Å². The first-order valence-electron chi connectivity index (χ1n) is 5.63. The first kappa shape index (κ1) is 12.7. The zero-order valence-electron chi connectivity index (χ0n) is 9.76. The van der Waals surface area contributed by atoms with Gasteiger partial charge >= 0.3 is 0 Å². The molecule has 0 aliphatic heterocycles. The first-order chi connectivity index (χ1) is 7.15. The van der Waals surface area contributed by atoms with Crippen LogP contribution in [0.1, 0.15) is 38.8 Å². The second kappa shape index (κ2) is 6.29. The molecule has 0 fully saturated rings. The van der Waals surface area contributed by atoms with Gasteiger partial charge in [-0.25, -0.2) is 0 Å². The molecule has 1 rings (SSSR count). The van der Waals surface area contributed by atoms with Gasteiger partial charge in [-0.05, 0) is 31.0 Å². The summed E-state index contributed by atoms with van der Waals surface area (Å²) in [6, 6.07) is 8.81. The minimum Gasteiger partial charge on any atom is -0.310 e. The van der Waals surface area contributed by atoms with Crippen LogP contribution in [-0.2, 0) is 0 Å². The number of halogens is 1. The third kappa shape index (κ3) is 3.96.